The third-order valence-electron chi connectivity index (χ3n) is 2.17. The molecule has 0 radical (unpaired) electrons. The minimum Gasteiger partial charge on any atom is -0.393 e. The van der Waals surface area contributed by atoms with E-state index < -0.39 is 37.3 Å². The summed E-state index contributed by atoms with van der Waals surface area (Å²) in [4.78, 5) is 4.81. The van der Waals surface area contributed by atoms with Crippen molar-refractivity contribution in [1.29, 1.82) is 0 Å². The van der Waals surface area contributed by atoms with Gasteiger partial charge in [0, 0.05) is 7.11 Å². The zero-order valence-corrected chi connectivity index (χ0v) is 7.70. The van der Waals surface area contributed by atoms with Crippen LogP contribution in [0.15, 0.2) is 0 Å². The van der Waals surface area contributed by atoms with E-state index in [9.17, 15) is 15.3 Å². The van der Waals surface area contributed by atoms with Gasteiger partial charge < -0.3 is 25.2 Å². The van der Waals surface area contributed by atoms with Crippen molar-refractivity contribution < 1.29 is 30.0 Å². The van der Waals surface area contributed by atoms with Gasteiger partial charge in [-0.2, -0.15) is 5.48 Å². The summed E-state index contributed by atoms with van der Waals surface area (Å²) in [6, 6.07) is 0. The van der Waals surface area contributed by atoms with Crippen LogP contribution < -0.4 is 5.48 Å². The molecule has 1 rings (SSSR count). The Kier molecular flexibility index (Phi) is 4.20. The van der Waals surface area contributed by atoms with Gasteiger partial charge in [-0.15, -0.1) is 0 Å². The van der Waals surface area contributed by atoms with E-state index in [4.69, 9.17) is 14.7 Å². The van der Waals surface area contributed by atoms with Crippen LogP contribution in [0.4, 0.5) is 0 Å². The molecule has 0 bridgehead atoms. The molecule has 1 fully saturated rings. The first-order valence-corrected chi connectivity index (χ1v) is 4.20. The van der Waals surface area contributed by atoms with Crippen LogP contribution in [0.3, 0.4) is 0 Å². The number of nitrogens with one attached hydrogen (secondary N) is 1. The summed E-state index contributed by atoms with van der Waals surface area (Å²) >= 11 is 0. The fourth-order valence-corrected chi connectivity index (χ4v) is 1.33. The predicted molar refractivity (Wildman–Crippen MR) is 43.9 cm³/mol. The SMILES string of the molecule is CO[C@@H]1C(CO)ON[C@@H](O)C(O)C1O. The number of hydroxylamine groups is 1. The molecule has 1 aliphatic heterocycles. The summed E-state index contributed by atoms with van der Waals surface area (Å²) in [5, 5.41) is 36.9. The molecule has 0 aromatic carbocycles. The average molecular weight is 209 g/mol. The molecule has 1 aliphatic rings. The lowest BCUT2D eigenvalue weighted by molar-refractivity contribution is -0.143. The third kappa shape index (κ3) is 2.20. The lowest BCUT2D eigenvalue weighted by Gasteiger charge is -2.26. The summed E-state index contributed by atoms with van der Waals surface area (Å²) < 4.78 is 4.86. The van der Waals surface area contributed by atoms with E-state index >= 15 is 0 Å². The quantitative estimate of drug-likeness (QED) is 0.328. The topological polar surface area (TPSA) is 111 Å². The van der Waals surface area contributed by atoms with Gasteiger partial charge in [0.15, 0.2) is 6.23 Å². The van der Waals surface area contributed by atoms with Gasteiger partial charge in [0.1, 0.15) is 24.4 Å². The lowest BCUT2D eigenvalue weighted by Crippen LogP contribution is -2.48. The maximum atomic E-state index is 9.52. The molecule has 7 nitrogen and oxygen atoms in total. The second-order valence-electron chi connectivity index (χ2n) is 3.08. The van der Waals surface area contributed by atoms with E-state index in [0.717, 1.165) is 0 Å². The third-order valence-corrected chi connectivity index (χ3v) is 2.17. The Hall–Kier alpha value is -0.280. The van der Waals surface area contributed by atoms with Crippen LogP contribution in [0.25, 0.3) is 0 Å². The molecule has 0 aromatic rings. The summed E-state index contributed by atoms with van der Waals surface area (Å²) in [6.45, 7) is -0.401. The number of aliphatic hydroxyl groups is 4. The first-order chi connectivity index (χ1) is 6.61. The zero-order valence-electron chi connectivity index (χ0n) is 7.70. The molecule has 3 unspecified atom stereocenters. The van der Waals surface area contributed by atoms with Gasteiger partial charge in [-0.3, -0.25) is 4.84 Å². The monoisotopic (exact) mass is 209 g/mol. The van der Waals surface area contributed by atoms with Crippen molar-refractivity contribution in [2.24, 2.45) is 0 Å². The fraction of sp³-hybridized carbons (Fsp3) is 1.00. The number of ether oxygens (including phenoxy) is 1. The molecular formula is C7H15NO6. The molecule has 0 aliphatic carbocycles. The lowest BCUT2D eigenvalue weighted by atomic mass is 10.0. The predicted octanol–water partition coefficient (Wildman–Crippen LogP) is -3.06. The standard InChI is InChI=1S/C7H15NO6/c1-13-6-3(2-9)14-8-7(12)5(11)4(6)10/h3-12H,2H2,1H3/t3?,4?,5?,6-,7+/m1/s1. The van der Waals surface area contributed by atoms with Gasteiger partial charge in [0.2, 0.25) is 0 Å². The molecule has 7 heteroatoms. The Morgan fingerprint density at radius 2 is 1.93 bits per heavy atom. The first-order valence-electron chi connectivity index (χ1n) is 4.20. The maximum Gasteiger partial charge on any atom is 0.155 e. The molecule has 0 amide bonds. The largest absolute Gasteiger partial charge is 0.393 e. The summed E-state index contributed by atoms with van der Waals surface area (Å²) in [7, 11) is 1.31. The molecule has 1 saturated heterocycles. The average Bonchev–Trinajstić information content (AvgIpc) is 2.30. The number of rotatable bonds is 2. The van der Waals surface area contributed by atoms with Crippen molar-refractivity contribution in [2.45, 2.75) is 30.6 Å². The van der Waals surface area contributed by atoms with Crippen LogP contribution in [0.2, 0.25) is 0 Å². The van der Waals surface area contributed by atoms with Crippen molar-refractivity contribution >= 4 is 0 Å². The fourth-order valence-electron chi connectivity index (χ4n) is 1.33. The molecule has 1 heterocycles. The zero-order chi connectivity index (χ0) is 10.7. The van der Waals surface area contributed by atoms with Crippen molar-refractivity contribution in [1.82, 2.24) is 5.48 Å². The summed E-state index contributed by atoms with van der Waals surface area (Å²) in [6.07, 6.45) is -5.93. The Morgan fingerprint density at radius 1 is 1.29 bits per heavy atom. The van der Waals surface area contributed by atoms with Crippen LogP contribution in [-0.4, -0.2) is 64.8 Å². The van der Waals surface area contributed by atoms with E-state index in [2.05, 4.69) is 5.48 Å². The Morgan fingerprint density at radius 3 is 2.43 bits per heavy atom. The molecule has 0 saturated carbocycles. The Balaban J connectivity index is 2.75. The van der Waals surface area contributed by atoms with Gasteiger partial charge in [-0.25, -0.2) is 0 Å². The number of hydrogen-bond acceptors (Lipinski definition) is 7. The number of hydrogen-bond donors (Lipinski definition) is 5. The highest BCUT2D eigenvalue weighted by molar-refractivity contribution is 4.87. The van der Waals surface area contributed by atoms with Gasteiger partial charge in [-0.1, -0.05) is 0 Å². The smallest absolute Gasteiger partial charge is 0.155 e. The molecule has 84 valence electrons. The van der Waals surface area contributed by atoms with Crippen molar-refractivity contribution in [2.75, 3.05) is 13.7 Å². The van der Waals surface area contributed by atoms with Crippen molar-refractivity contribution in [3.05, 3.63) is 0 Å². The molecule has 14 heavy (non-hydrogen) atoms. The van der Waals surface area contributed by atoms with Crippen LogP contribution in [-0.2, 0) is 9.57 Å². The Bertz CT molecular complexity index is 180. The summed E-state index contributed by atoms with van der Waals surface area (Å²) in [5.74, 6) is 0. The molecular weight excluding hydrogens is 194 g/mol. The van der Waals surface area contributed by atoms with Crippen molar-refractivity contribution in [3.63, 3.8) is 0 Å². The van der Waals surface area contributed by atoms with E-state index in [1.165, 1.54) is 7.11 Å². The summed E-state index contributed by atoms with van der Waals surface area (Å²) in [5.41, 5.74) is 2.10. The van der Waals surface area contributed by atoms with Gasteiger partial charge >= 0.3 is 0 Å². The van der Waals surface area contributed by atoms with Gasteiger partial charge in [0.05, 0.1) is 6.61 Å². The highest BCUT2D eigenvalue weighted by Crippen LogP contribution is 2.15. The molecule has 0 aromatic heterocycles. The van der Waals surface area contributed by atoms with E-state index in [0.29, 0.717) is 0 Å². The Labute approximate surface area is 80.8 Å². The molecule has 5 N–H and O–H groups in total. The van der Waals surface area contributed by atoms with Crippen molar-refractivity contribution in [3.8, 4) is 0 Å². The second-order valence-corrected chi connectivity index (χ2v) is 3.08. The minimum absolute atomic E-state index is 0.401. The molecule has 0 spiro atoms. The van der Waals surface area contributed by atoms with Crippen LogP contribution in [0.1, 0.15) is 0 Å². The normalized spacial score (nSPS) is 44.8. The van der Waals surface area contributed by atoms with Crippen LogP contribution in [0, 0.1) is 0 Å². The van der Waals surface area contributed by atoms with Gasteiger partial charge in [0.25, 0.3) is 0 Å². The highest BCUT2D eigenvalue weighted by atomic mass is 16.7. The number of methoxy groups -OCH3 is 1. The maximum absolute atomic E-state index is 9.52. The van der Waals surface area contributed by atoms with E-state index in [1.807, 2.05) is 0 Å². The van der Waals surface area contributed by atoms with Crippen LogP contribution in [0.5, 0.6) is 0 Å². The van der Waals surface area contributed by atoms with Crippen LogP contribution >= 0.6 is 0 Å². The minimum atomic E-state index is -1.43. The van der Waals surface area contributed by atoms with E-state index in [1.54, 1.807) is 0 Å². The molecule has 5 atom stereocenters. The van der Waals surface area contributed by atoms with E-state index in [-0.39, 0.29) is 0 Å². The highest BCUT2D eigenvalue weighted by Gasteiger charge is 2.40. The first kappa shape index (κ1) is 11.8. The second kappa shape index (κ2) is 4.99. The van der Waals surface area contributed by atoms with Gasteiger partial charge in [-0.05, 0) is 0 Å². The number of aliphatic hydroxyl groups excluding tert-OH is 4.